The average molecular weight is 304 g/mol. The van der Waals surface area contributed by atoms with E-state index in [1.165, 1.54) is 0 Å². The molecule has 3 N–H and O–H groups in total. The van der Waals surface area contributed by atoms with Gasteiger partial charge in [-0.1, -0.05) is 6.92 Å². The fourth-order valence-corrected chi connectivity index (χ4v) is 2.77. The average Bonchev–Trinajstić information content (AvgIpc) is 2.78. The van der Waals surface area contributed by atoms with Gasteiger partial charge >= 0.3 is 0 Å². The number of rotatable bonds is 5. The lowest BCUT2D eigenvalue weighted by Gasteiger charge is -2.10. The molecule has 0 unspecified atom stereocenters. The van der Waals surface area contributed by atoms with Crippen LogP contribution in [0.4, 0.5) is 11.4 Å². The van der Waals surface area contributed by atoms with Gasteiger partial charge in [-0.3, -0.25) is 9.48 Å². The first-order valence-electron chi connectivity index (χ1n) is 6.85. The van der Waals surface area contributed by atoms with E-state index in [0.717, 1.165) is 17.1 Å². The highest BCUT2D eigenvalue weighted by molar-refractivity contribution is 7.99. The standard InChI is InChI=1S/C15H20N4OS/c1-4-7-21-11-5-6-13(16)14(8-11)17-15(20)12-9-19(3)18-10(12)2/h5-6,8-9H,4,7,16H2,1-3H3,(H,17,20). The van der Waals surface area contributed by atoms with E-state index in [0.29, 0.717) is 22.6 Å². The van der Waals surface area contributed by atoms with Gasteiger partial charge in [0.2, 0.25) is 0 Å². The molecule has 1 amide bonds. The van der Waals surface area contributed by atoms with Crippen LogP contribution in [0.5, 0.6) is 0 Å². The van der Waals surface area contributed by atoms with Crippen LogP contribution in [-0.4, -0.2) is 21.4 Å². The number of nitrogens with one attached hydrogen (secondary N) is 1. The molecule has 2 rings (SSSR count). The Morgan fingerprint density at radius 3 is 2.86 bits per heavy atom. The molecule has 112 valence electrons. The van der Waals surface area contributed by atoms with E-state index in [-0.39, 0.29) is 5.91 Å². The molecule has 0 aliphatic carbocycles. The first-order valence-corrected chi connectivity index (χ1v) is 7.83. The fraction of sp³-hybridized carbons (Fsp3) is 0.333. The molecule has 0 aliphatic heterocycles. The molecule has 0 radical (unpaired) electrons. The monoisotopic (exact) mass is 304 g/mol. The quantitative estimate of drug-likeness (QED) is 0.658. The van der Waals surface area contributed by atoms with E-state index < -0.39 is 0 Å². The highest BCUT2D eigenvalue weighted by Gasteiger charge is 2.14. The molecule has 0 saturated carbocycles. The summed E-state index contributed by atoms with van der Waals surface area (Å²) >= 11 is 1.75. The summed E-state index contributed by atoms with van der Waals surface area (Å²) in [7, 11) is 1.79. The summed E-state index contributed by atoms with van der Waals surface area (Å²) in [6, 6.07) is 5.71. The van der Waals surface area contributed by atoms with Gasteiger partial charge in [0.05, 0.1) is 22.6 Å². The number of hydrogen-bond acceptors (Lipinski definition) is 4. The van der Waals surface area contributed by atoms with Gasteiger partial charge in [-0.05, 0) is 37.3 Å². The smallest absolute Gasteiger partial charge is 0.259 e. The zero-order valence-corrected chi connectivity index (χ0v) is 13.3. The number of carbonyl (C=O) groups excluding carboxylic acids is 1. The summed E-state index contributed by atoms with van der Waals surface area (Å²) in [5, 5.41) is 7.04. The van der Waals surface area contributed by atoms with E-state index >= 15 is 0 Å². The molecule has 0 spiro atoms. The van der Waals surface area contributed by atoms with Gasteiger partial charge in [0.1, 0.15) is 0 Å². The number of carbonyl (C=O) groups is 1. The second-order valence-corrected chi connectivity index (χ2v) is 6.02. The van der Waals surface area contributed by atoms with Crippen molar-refractivity contribution in [2.24, 2.45) is 7.05 Å². The maximum absolute atomic E-state index is 12.3. The zero-order valence-electron chi connectivity index (χ0n) is 12.5. The van der Waals surface area contributed by atoms with Crippen LogP contribution < -0.4 is 11.1 Å². The molecular weight excluding hydrogens is 284 g/mol. The summed E-state index contributed by atoms with van der Waals surface area (Å²) in [5.41, 5.74) is 8.40. The van der Waals surface area contributed by atoms with Crippen molar-refractivity contribution >= 4 is 29.0 Å². The predicted molar refractivity (Wildman–Crippen MR) is 87.8 cm³/mol. The molecule has 0 atom stereocenters. The number of benzene rings is 1. The van der Waals surface area contributed by atoms with Gasteiger partial charge in [-0.2, -0.15) is 5.10 Å². The molecule has 2 aromatic rings. The van der Waals surface area contributed by atoms with E-state index in [1.54, 1.807) is 29.7 Å². The maximum atomic E-state index is 12.3. The van der Waals surface area contributed by atoms with E-state index in [1.807, 2.05) is 25.1 Å². The van der Waals surface area contributed by atoms with Crippen LogP contribution in [0.3, 0.4) is 0 Å². The Kier molecular flexibility index (Phi) is 4.90. The fourth-order valence-electron chi connectivity index (χ4n) is 1.97. The molecule has 0 fully saturated rings. The van der Waals surface area contributed by atoms with Crippen molar-refractivity contribution in [3.05, 3.63) is 35.7 Å². The number of nitrogens with zero attached hydrogens (tertiary/aromatic N) is 2. The number of nitrogens with two attached hydrogens (primary N) is 1. The van der Waals surface area contributed by atoms with Gasteiger partial charge in [-0.15, -0.1) is 11.8 Å². The van der Waals surface area contributed by atoms with Crippen molar-refractivity contribution in [2.45, 2.75) is 25.2 Å². The van der Waals surface area contributed by atoms with Crippen molar-refractivity contribution in [1.82, 2.24) is 9.78 Å². The largest absolute Gasteiger partial charge is 0.397 e. The second kappa shape index (κ2) is 6.67. The molecule has 5 nitrogen and oxygen atoms in total. The number of aryl methyl sites for hydroxylation is 2. The molecular formula is C15H20N4OS. The maximum Gasteiger partial charge on any atom is 0.259 e. The molecule has 1 aromatic carbocycles. The van der Waals surface area contributed by atoms with Crippen molar-refractivity contribution in [3.8, 4) is 0 Å². The summed E-state index contributed by atoms with van der Waals surface area (Å²) in [6.45, 7) is 3.95. The summed E-state index contributed by atoms with van der Waals surface area (Å²) in [5.74, 6) is 0.851. The molecule has 0 aliphatic rings. The molecule has 1 heterocycles. The Morgan fingerprint density at radius 1 is 1.48 bits per heavy atom. The minimum Gasteiger partial charge on any atom is -0.397 e. The zero-order chi connectivity index (χ0) is 15.4. The Labute approximate surface area is 128 Å². The van der Waals surface area contributed by atoms with Crippen LogP contribution in [0.15, 0.2) is 29.3 Å². The summed E-state index contributed by atoms with van der Waals surface area (Å²) in [6.07, 6.45) is 2.81. The SMILES string of the molecule is CCCSc1ccc(N)c(NC(=O)c2cn(C)nc2C)c1. The lowest BCUT2D eigenvalue weighted by atomic mass is 10.2. The normalized spacial score (nSPS) is 10.6. The number of nitrogen functional groups attached to an aromatic ring is 1. The molecule has 0 bridgehead atoms. The van der Waals surface area contributed by atoms with Crippen LogP contribution in [0.2, 0.25) is 0 Å². The molecule has 6 heteroatoms. The van der Waals surface area contributed by atoms with Gasteiger partial charge in [0, 0.05) is 18.1 Å². The van der Waals surface area contributed by atoms with Crippen LogP contribution in [0.25, 0.3) is 0 Å². The third-order valence-electron chi connectivity index (χ3n) is 3.00. The van der Waals surface area contributed by atoms with Crippen LogP contribution in [0, 0.1) is 6.92 Å². The lowest BCUT2D eigenvalue weighted by molar-refractivity contribution is 0.102. The number of anilines is 2. The Balaban J connectivity index is 2.18. The van der Waals surface area contributed by atoms with Crippen molar-refractivity contribution in [1.29, 1.82) is 0 Å². The summed E-state index contributed by atoms with van der Waals surface area (Å²) in [4.78, 5) is 13.4. The van der Waals surface area contributed by atoms with Crippen LogP contribution >= 0.6 is 11.8 Å². The highest BCUT2D eigenvalue weighted by atomic mass is 32.2. The summed E-state index contributed by atoms with van der Waals surface area (Å²) < 4.78 is 1.63. The Morgan fingerprint density at radius 2 is 2.24 bits per heavy atom. The van der Waals surface area contributed by atoms with Crippen LogP contribution in [-0.2, 0) is 7.05 Å². The Hall–Kier alpha value is -1.95. The van der Waals surface area contributed by atoms with Gasteiger partial charge in [0.15, 0.2) is 0 Å². The van der Waals surface area contributed by atoms with Crippen molar-refractivity contribution in [3.63, 3.8) is 0 Å². The second-order valence-electron chi connectivity index (χ2n) is 4.85. The third kappa shape index (κ3) is 3.78. The highest BCUT2D eigenvalue weighted by Crippen LogP contribution is 2.27. The number of hydrogen-bond donors (Lipinski definition) is 2. The van der Waals surface area contributed by atoms with Gasteiger partial charge in [0.25, 0.3) is 5.91 Å². The molecule has 1 aromatic heterocycles. The Bertz CT molecular complexity index is 651. The third-order valence-corrected chi connectivity index (χ3v) is 4.20. The first-order chi connectivity index (χ1) is 10.0. The number of amides is 1. The minimum absolute atomic E-state index is 0.190. The van der Waals surface area contributed by atoms with E-state index in [9.17, 15) is 4.79 Å². The topological polar surface area (TPSA) is 72.9 Å². The molecule has 0 saturated heterocycles. The van der Waals surface area contributed by atoms with E-state index in [4.69, 9.17) is 5.73 Å². The lowest BCUT2D eigenvalue weighted by Crippen LogP contribution is -2.13. The van der Waals surface area contributed by atoms with Crippen molar-refractivity contribution < 1.29 is 4.79 Å². The molecule has 21 heavy (non-hydrogen) atoms. The minimum atomic E-state index is -0.190. The first kappa shape index (κ1) is 15.4. The van der Waals surface area contributed by atoms with E-state index in [2.05, 4.69) is 17.3 Å². The number of thioether (sulfide) groups is 1. The predicted octanol–water partition coefficient (Wildman–Crippen LogP) is 3.07. The van der Waals surface area contributed by atoms with Gasteiger partial charge < -0.3 is 11.1 Å². The number of aromatic nitrogens is 2. The van der Waals surface area contributed by atoms with Gasteiger partial charge in [-0.25, -0.2) is 0 Å². The van der Waals surface area contributed by atoms with Crippen molar-refractivity contribution in [2.75, 3.05) is 16.8 Å². The van der Waals surface area contributed by atoms with Crippen LogP contribution in [0.1, 0.15) is 29.4 Å².